The molecule has 0 bridgehead atoms. The van der Waals surface area contributed by atoms with Crippen LogP contribution in [0.4, 0.5) is 5.69 Å². The van der Waals surface area contributed by atoms with E-state index < -0.39 is 11.2 Å². The van der Waals surface area contributed by atoms with Crippen LogP contribution in [-0.4, -0.2) is 42.1 Å². The van der Waals surface area contributed by atoms with Crippen LogP contribution < -0.4 is 27.7 Å². The average Bonchev–Trinajstić information content (AvgIpc) is 3.44. The van der Waals surface area contributed by atoms with Crippen molar-refractivity contribution in [2.24, 2.45) is 17.1 Å². The van der Waals surface area contributed by atoms with Gasteiger partial charge < -0.3 is 21.2 Å². The fraction of sp³-hybridized carbons (Fsp3) is 0.619. The van der Waals surface area contributed by atoms with E-state index in [1.165, 1.54) is 0 Å². The number of ether oxygens (including phenoxy) is 1. The van der Waals surface area contributed by atoms with Crippen molar-refractivity contribution >= 4 is 16.6 Å². The van der Waals surface area contributed by atoms with Crippen molar-refractivity contribution in [1.82, 2.24) is 9.24 Å². The highest BCUT2D eigenvalue weighted by Crippen LogP contribution is 2.42. The highest BCUT2D eigenvalue weighted by molar-refractivity contribution is 5.87. The van der Waals surface area contributed by atoms with Gasteiger partial charge >= 0.3 is 5.69 Å². The molecule has 2 aromatic rings. The molecule has 2 heterocycles. The molecule has 4 rings (SSSR count). The van der Waals surface area contributed by atoms with E-state index in [1.807, 2.05) is 13.0 Å². The number of anilines is 1. The number of hydrogen-bond donors (Lipinski definition) is 2. The van der Waals surface area contributed by atoms with Gasteiger partial charge in [-0.25, -0.2) is 4.79 Å². The maximum absolute atomic E-state index is 12.7. The summed E-state index contributed by atoms with van der Waals surface area (Å²) in [5, 5.41) is 0.492. The van der Waals surface area contributed by atoms with E-state index >= 15 is 0 Å². The topological polar surface area (TPSA) is 109 Å². The van der Waals surface area contributed by atoms with Crippen LogP contribution in [0.25, 0.3) is 10.9 Å². The number of nitrogens with two attached hydrogens (primary N) is 2. The van der Waals surface area contributed by atoms with Crippen molar-refractivity contribution in [1.29, 1.82) is 0 Å². The molecular formula is C21H31N5O3. The first-order valence-corrected chi connectivity index (χ1v) is 10.2. The van der Waals surface area contributed by atoms with Crippen LogP contribution in [0.15, 0.2) is 21.7 Å². The Morgan fingerprint density at radius 3 is 2.59 bits per heavy atom. The molecule has 2 unspecified atom stereocenters. The molecule has 1 aromatic heterocycles. The van der Waals surface area contributed by atoms with Crippen molar-refractivity contribution < 1.29 is 4.74 Å². The predicted molar refractivity (Wildman–Crippen MR) is 115 cm³/mol. The third kappa shape index (κ3) is 3.14. The monoisotopic (exact) mass is 401 g/mol. The number of nitrogen functional groups attached to an aromatic ring is 1. The van der Waals surface area contributed by atoms with E-state index in [0.29, 0.717) is 17.5 Å². The zero-order valence-corrected chi connectivity index (χ0v) is 17.6. The molecule has 1 saturated carbocycles. The number of methoxy groups -OCH3 is 1. The summed E-state index contributed by atoms with van der Waals surface area (Å²) in [6.45, 7) is 8.64. The first-order valence-electron chi connectivity index (χ1n) is 10.2. The van der Waals surface area contributed by atoms with E-state index in [2.05, 4.69) is 18.7 Å². The highest BCUT2D eigenvalue weighted by Gasteiger charge is 2.43. The van der Waals surface area contributed by atoms with Gasteiger partial charge in [0.2, 0.25) is 0 Å². The molecule has 1 aromatic carbocycles. The molecule has 1 aliphatic heterocycles. The van der Waals surface area contributed by atoms with Crippen molar-refractivity contribution in [3.63, 3.8) is 0 Å². The molecule has 1 aliphatic carbocycles. The van der Waals surface area contributed by atoms with Crippen molar-refractivity contribution in [2.45, 2.75) is 45.7 Å². The SMILES string of the molecule is COCC(N)C1CN(c2ccc3c(=O)n(N)c(=O)n(C4CC4)c3c2C)CC1(C)C. The minimum absolute atomic E-state index is 0.0240. The van der Waals surface area contributed by atoms with E-state index in [1.54, 1.807) is 17.7 Å². The summed E-state index contributed by atoms with van der Waals surface area (Å²) >= 11 is 0. The van der Waals surface area contributed by atoms with E-state index in [4.69, 9.17) is 16.3 Å². The first-order chi connectivity index (χ1) is 13.7. The van der Waals surface area contributed by atoms with Crippen LogP contribution in [0, 0.1) is 18.3 Å². The molecule has 29 heavy (non-hydrogen) atoms. The summed E-state index contributed by atoms with van der Waals surface area (Å²) in [6, 6.07) is 3.85. The number of nitrogens with zero attached hydrogens (tertiary/aromatic N) is 3. The molecule has 0 radical (unpaired) electrons. The lowest BCUT2D eigenvalue weighted by Gasteiger charge is -2.29. The Labute approximate surface area is 170 Å². The fourth-order valence-electron chi connectivity index (χ4n) is 4.98. The van der Waals surface area contributed by atoms with E-state index in [0.717, 1.165) is 41.9 Å². The lowest BCUT2D eigenvalue weighted by molar-refractivity contribution is 0.130. The van der Waals surface area contributed by atoms with Crippen LogP contribution in [-0.2, 0) is 4.74 Å². The second-order valence-corrected chi connectivity index (χ2v) is 9.26. The van der Waals surface area contributed by atoms with Gasteiger partial charge in [0, 0.05) is 43.9 Å². The van der Waals surface area contributed by atoms with Gasteiger partial charge in [-0.15, -0.1) is 0 Å². The van der Waals surface area contributed by atoms with Crippen LogP contribution >= 0.6 is 0 Å². The molecule has 2 fully saturated rings. The van der Waals surface area contributed by atoms with E-state index in [9.17, 15) is 9.59 Å². The lowest BCUT2D eigenvalue weighted by atomic mass is 9.78. The van der Waals surface area contributed by atoms with Crippen LogP contribution in [0.2, 0.25) is 0 Å². The highest BCUT2D eigenvalue weighted by atomic mass is 16.5. The molecule has 4 N–H and O–H groups in total. The van der Waals surface area contributed by atoms with Crippen LogP contribution in [0.1, 0.15) is 38.3 Å². The lowest BCUT2D eigenvalue weighted by Crippen LogP contribution is -2.44. The first kappa shape index (κ1) is 20.0. The standard InChI is InChI=1S/C21H31N5O3/c1-12-17(24-9-15(16(22)10-29-4)21(2,3)11-24)8-7-14-18(12)25(13-5-6-13)20(28)26(23)19(14)27/h7-8,13,15-16H,5-6,9-11,22-23H2,1-4H3. The maximum atomic E-state index is 12.7. The smallest absolute Gasteiger partial charge is 0.350 e. The fourth-order valence-corrected chi connectivity index (χ4v) is 4.98. The summed E-state index contributed by atoms with van der Waals surface area (Å²) in [5.74, 6) is 6.05. The van der Waals surface area contributed by atoms with Gasteiger partial charge in [0.15, 0.2) is 0 Å². The van der Waals surface area contributed by atoms with Gasteiger partial charge in [-0.3, -0.25) is 9.36 Å². The number of aryl methyl sites for hydroxylation is 1. The number of fused-ring (bicyclic) bond motifs is 1. The molecule has 2 aliphatic rings. The zero-order valence-electron chi connectivity index (χ0n) is 17.6. The van der Waals surface area contributed by atoms with E-state index in [-0.39, 0.29) is 23.4 Å². The largest absolute Gasteiger partial charge is 0.383 e. The molecular weight excluding hydrogens is 370 g/mol. The van der Waals surface area contributed by atoms with Crippen molar-refractivity contribution in [3.05, 3.63) is 38.5 Å². The predicted octanol–water partition coefficient (Wildman–Crippen LogP) is 0.956. The normalized spacial score (nSPS) is 22.4. The van der Waals surface area contributed by atoms with Gasteiger partial charge in [0.1, 0.15) is 0 Å². The summed E-state index contributed by atoms with van der Waals surface area (Å²) < 4.78 is 7.74. The van der Waals surface area contributed by atoms with Crippen LogP contribution in [0.3, 0.4) is 0 Å². The number of rotatable bonds is 5. The Morgan fingerprint density at radius 1 is 1.28 bits per heavy atom. The van der Waals surface area contributed by atoms with Gasteiger partial charge in [-0.2, -0.15) is 4.68 Å². The molecule has 8 heteroatoms. The maximum Gasteiger partial charge on any atom is 0.350 e. The Balaban J connectivity index is 1.83. The van der Waals surface area contributed by atoms with Crippen LogP contribution in [0.5, 0.6) is 0 Å². The molecule has 0 spiro atoms. The molecule has 1 saturated heterocycles. The summed E-state index contributed by atoms with van der Waals surface area (Å²) in [5.41, 5.74) is 8.25. The third-order valence-electron chi connectivity index (χ3n) is 6.65. The Hall–Kier alpha value is -2.32. The molecule has 158 valence electrons. The number of hydrogen-bond acceptors (Lipinski definition) is 6. The van der Waals surface area contributed by atoms with Crippen molar-refractivity contribution in [3.8, 4) is 0 Å². The summed E-state index contributed by atoms with van der Waals surface area (Å²) in [7, 11) is 1.68. The Bertz CT molecular complexity index is 1070. The van der Waals surface area contributed by atoms with Gasteiger partial charge in [0.05, 0.1) is 17.5 Å². The van der Waals surface area contributed by atoms with Crippen molar-refractivity contribution in [2.75, 3.05) is 37.5 Å². The molecule has 0 amide bonds. The third-order valence-corrected chi connectivity index (χ3v) is 6.65. The Kier molecular flexibility index (Phi) is 4.74. The minimum Gasteiger partial charge on any atom is -0.383 e. The summed E-state index contributed by atoms with van der Waals surface area (Å²) in [6.07, 6.45) is 1.86. The number of aromatic nitrogens is 2. The summed E-state index contributed by atoms with van der Waals surface area (Å²) in [4.78, 5) is 27.7. The van der Waals surface area contributed by atoms with Gasteiger partial charge in [0.25, 0.3) is 5.56 Å². The Morgan fingerprint density at radius 2 is 1.97 bits per heavy atom. The molecule has 2 atom stereocenters. The average molecular weight is 402 g/mol. The quantitative estimate of drug-likeness (QED) is 0.723. The zero-order chi connectivity index (χ0) is 21.1. The second-order valence-electron chi connectivity index (χ2n) is 9.26. The minimum atomic E-state index is -0.446. The van der Waals surface area contributed by atoms with Gasteiger partial charge in [-0.1, -0.05) is 13.8 Å². The number of benzene rings is 1. The molecule has 8 nitrogen and oxygen atoms in total. The van der Waals surface area contributed by atoms with Gasteiger partial charge in [-0.05, 0) is 42.9 Å². The second kappa shape index (κ2) is 6.88.